The van der Waals surface area contributed by atoms with E-state index >= 15 is 0 Å². The molecule has 2 fully saturated rings. The largest absolute Gasteiger partial charge is 0.508 e. The number of benzene rings is 2. The van der Waals surface area contributed by atoms with Crippen molar-refractivity contribution in [2.75, 3.05) is 11.4 Å². The Balaban J connectivity index is 1.77. The molecule has 2 aliphatic rings. The van der Waals surface area contributed by atoms with Crippen LogP contribution < -0.4 is 4.90 Å². The molecule has 2 saturated heterocycles. The van der Waals surface area contributed by atoms with Gasteiger partial charge in [0, 0.05) is 24.4 Å². The van der Waals surface area contributed by atoms with Crippen LogP contribution in [0.15, 0.2) is 48.5 Å². The van der Waals surface area contributed by atoms with E-state index in [-0.39, 0.29) is 29.6 Å². The summed E-state index contributed by atoms with van der Waals surface area (Å²) in [7, 11) is 0. The number of amides is 1. The summed E-state index contributed by atoms with van der Waals surface area (Å²) in [6, 6.07) is 12.7. The second-order valence-electron chi connectivity index (χ2n) is 6.35. The molecule has 2 atom stereocenters. The molecule has 4 rings (SSSR count). The molecule has 2 aromatic rings. The van der Waals surface area contributed by atoms with Gasteiger partial charge in [0.15, 0.2) is 0 Å². The number of nitrogens with zero attached hydrogens (tertiary/aromatic N) is 3. The van der Waals surface area contributed by atoms with Crippen LogP contribution in [0.3, 0.4) is 0 Å². The van der Waals surface area contributed by atoms with Gasteiger partial charge >= 0.3 is 0 Å². The summed E-state index contributed by atoms with van der Waals surface area (Å²) in [4.78, 5) is 27.2. The summed E-state index contributed by atoms with van der Waals surface area (Å²) in [5, 5.41) is 20.7. The lowest BCUT2D eigenvalue weighted by Crippen LogP contribution is -2.32. The quantitative estimate of drug-likeness (QED) is 0.686. The number of carbonyl (C=O) groups excluding carboxylic acids is 1. The third-order valence-electron chi connectivity index (χ3n) is 4.88. The first kappa shape index (κ1) is 15.6. The van der Waals surface area contributed by atoms with E-state index < -0.39 is 4.92 Å². The summed E-state index contributed by atoms with van der Waals surface area (Å²) >= 11 is 0. The van der Waals surface area contributed by atoms with Gasteiger partial charge in [0.2, 0.25) is 5.91 Å². The molecule has 1 N–H and O–H groups in total. The first-order valence-electron chi connectivity index (χ1n) is 8.18. The number of phenols is 1. The van der Waals surface area contributed by atoms with Gasteiger partial charge in [-0.05, 0) is 42.7 Å². The minimum absolute atomic E-state index is 0.000282. The number of fused-ring (bicyclic) bond motifs is 1. The zero-order valence-electron chi connectivity index (χ0n) is 13.4. The predicted molar refractivity (Wildman–Crippen MR) is 91.2 cm³/mol. The summed E-state index contributed by atoms with van der Waals surface area (Å²) < 4.78 is 0. The van der Waals surface area contributed by atoms with Gasteiger partial charge in [-0.1, -0.05) is 12.1 Å². The van der Waals surface area contributed by atoms with Crippen molar-refractivity contribution in [3.63, 3.8) is 0 Å². The Kier molecular flexibility index (Phi) is 3.65. The molecule has 2 aromatic carbocycles. The minimum atomic E-state index is -0.458. The molecule has 7 nitrogen and oxygen atoms in total. The van der Waals surface area contributed by atoms with E-state index in [9.17, 15) is 20.0 Å². The highest BCUT2D eigenvalue weighted by molar-refractivity contribution is 6.00. The topological polar surface area (TPSA) is 86.9 Å². The fourth-order valence-electron chi connectivity index (χ4n) is 3.81. The van der Waals surface area contributed by atoms with Crippen LogP contribution in [0.1, 0.15) is 24.6 Å². The molecule has 0 aliphatic carbocycles. The van der Waals surface area contributed by atoms with Crippen molar-refractivity contribution >= 4 is 17.3 Å². The Morgan fingerprint density at radius 2 is 1.92 bits per heavy atom. The van der Waals surface area contributed by atoms with Crippen LogP contribution in [0.25, 0.3) is 0 Å². The molecule has 2 heterocycles. The first-order valence-corrected chi connectivity index (χ1v) is 8.18. The van der Waals surface area contributed by atoms with E-state index in [0.717, 1.165) is 24.9 Å². The van der Waals surface area contributed by atoms with E-state index in [0.29, 0.717) is 5.69 Å². The van der Waals surface area contributed by atoms with Crippen LogP contribution in [0.2, 0.25) is 0 Å². The monoisotopic (exact) mass is 339 g/mol. The molecule has 0 unspecified atom stereocenters. The number of anilines is 1. The highest BCUT2D eigenvalue weighted by atomic mass is 16.6. The standard InChI is InChI=1S/C18H17N3O4/c22-15-4-1-3-12(11-15)17-19-10-2-5-16(19)18(23)20(17)13-6-8-14(9-7-13)21(24)25/h1,3-4,6-9,11,16-17,22H,2,5,10H2/t16-,17+/m0/s1. The zero-order chi connectivity index (χ0) is 17.6. The van der Waals surface area contributed by atoms with Gasteiger partial charge in [0.05, 0.1) is 11.0 Å². The lowest BCUT2D eigenvalue weighted by molar-refractivity contribution is -0.384. The Morgan fingerprint density at radius 3 is 2.60 bits per heavy atom. The number of hydrogen-bond donors (Lipinski definition) is 1. The smallest absolute Gasteiger partial charge is 0.269 e. The van der Waals surface area contributed by atoms with Crippen LogP contribution in [0, 0.1) is 10.1 Å². The van der Waals surface area contributed by atoms with Crippen LogP contribution >= 0.6 is 0 Å². The number of phenolic OH excluding ortho intramolecular Hbond substituents is 1. The molecule has 2 aliphatic heterocycles. The molecule has 0 spiro atoms. The lowest BCUT2D eigenvalue weighted by Gasteiger charge is -2.29. The SMILES string of the molecule is O=C1[C@@H]2CCCN2[C@@H](c2cccc(O)c2)N1c1ccc([N+](=O)[O-])cc1. The summed E-state index contributed by atoms with van der Waals surface area (Å²) in [6.45, 7) is 0.806. The van der Waals surface area contributed by atoms with E-state index in [2.05, 4.69) is 4.90 Å². The van der Waals surface area contributed by atoms with Crippen LogP contribution in [0.4, 0.5) is 11.4 Å². The van der Waals surface area contributed by atoms with Gasteiger partial charge in [-0.2, -0.15) is 0 Å². The fourth-order valence-corrected chi connectivity index (χ4v) is 3.81. The Labute approximate surface area is 144 Å². The van der Waals surface area contributed by atoms with Crippen molar-refractivity contribution in [2.24, 2.45) is 0 Å². The normalized spacial score (nSPS) is 23.0. The third-order valence-corrected chi connectivity index (χ3v) is 4.88. The van der Waals surface area contributed by atoms with Gasteiger partial charge in [-0.15, -0.1) is 0 Å². The zero-order valence-corrected chi connectivity index (χ0v) is 13.4. The maximum absolute atomic E-state index is 13.0. The van der Waals surface area contributed by atoms with Gasteiger partial charge < -0.3 is 5.11 Å². The fraction of sp³-hybridized carbons (Fsp3) is 0.278. The number of carbonyl (C=O) groups is 1. The Morgan fingerprint density at radius 1 is 1.16 bits per heavy atom. The maximum Gasteiger partial charge on any atom is 0.269 e. The predicted octanol–water partition coefficient (Wildman–Crippen LogP) is 2.81. The van der Waals surface area contributed by atoms with Crippen molar-refractivity contribution in [3.8, 4) is 5.75 Å². The molecular weight excluding hydrogens is 322 g/mol. The van der Waals surface area contributed by atoms with Crippen LogP contribution in [-0.2, 0) is 4.79 Å². The number of aromatic hydroxyl groups is 1. The number of nitro benzene ring substituents is 1. The summed E-state index contributed by atoms with van der Waals surface area (Å²) in [6.07, 6.45) is 1.45. The third kappa shape index (κ3) is 2.53. The molecule has 0 saturated carbocycles. The van der Waals surface area contributed by atoms with Crippen LogP contribution in [0.5, 0.6) is 5.75 Å². The molecule has 7 heteroatoms. The van der Waals surface area contributed by atoms with Gasteiger partial charge in [0.1, 0.15) is 11.9 Å². The van der Waals surface area contributed by atoms with E-state index in [1.54, 1.807) is 35.2 Å². The highest BCUT2D eigenvalue weighted by Gasteiger charge is 2.49. The lowest BCUT2D eigenvalue weighted by atomic mass is 10.1. The molecule has 25 heavy (non-hydrogen) atoms. The first-order chi connectivity index (χ1) is 12.1. The van der Waals surface area contributed by atoms with Gasteiger partial charge in [-0.3, -0.25) is 24.7 Å². The minimum Gasteiger partial charge on any atom is -0.508 e. The van der Waals surface area contributed by atoms with Gasteiger partial charge in [0.25, 0.3) is 5.69 Å². The van der Waals surface area contributed by atoms with Crippen molar-refractivity contribution in [3.05, 3.63) is 64.2 Å². The summed E-state index contributed by atoms with van der Waals surface area (Å²) in [5.74, 6) is 0.149. The van der Waals surface area contributed by atoms with E-state index in [4.69, 9.17) is 0 Å². The number of nitro groups is 1. The van der Waals surface area contributed by atoms with Gasteiger partial charge in [-0.25, -0.2) is 0 Å². The second-order valence-corrected chi connectivity index (χ2v) is 6.35. The van der Waals surface area contributed by atoms with E-state index in [1.165, 1.54) is 12.1 Å². The average Bonchev–Trinajstić information content (AvgIpc) is 3.17. The Hall–Kier alpha value is -2.93. The van der Waals surface area contributed by atoms with Crippen LogP contribution in [-0.4, -0.2) is 33.4 Å². The van der Waals surface area contributed by atoms with E-state index in [1.807, 2.05) is 6.07 Å². The molecule has 0 aromatic heterocycles. The summed E-state index contributed by atoms with van der Waals surface area (Å²) in [5.41, 5.74) is 1.44. The maximum atomic E-state index is 13.0. The number of non-ortho nitro benzene ring substituents is 1. The molecular formula is C18H17N3O4. The molecule has 0 bridgehead atoms. The van der Waals surface area contributed by atoms with Crippen molar-refractivity contribution in [1.82, 2.24) is 4.90 Å². The second kappa shape index (κ2) is 5.86. The van der Waals surface area contributed by atoms with Crippen molar-refractivity contribution in [1.29, 1.82) is 0 Å². The van der Waals surface area contributed by atoms with Crippen molar-refractivity contribution in [2.45, 2.75) is 25.0 Å². The Bertz CT molecular complexity index is 836. The molecule has 128 valence electrons. The average molecular weight is 339 g/mol. The molecule has 1 amide bonds. The highest BCUT2D eigenvalue weighted by Crippen LogP contribution is 2.43. The van der Waals surface area contributed by atoms with Crippen molar-refractivity contribution < 1.29 is 14.8 Å². The number of rotatable bonds is 3. The molecule has 0 radical (unpaired) electrons. The number of hydrogen-bond acceptors (Lipinski definition) is 5.